The zero-order valence-electron chi connectivity index (χ0n) is 15.0. The Morgan fingerprint density at radius 3 is 2.76 bits per heavy atom. The third kappa shape index (κ3) is 3.04. The Balaban J connectivity index is 2.06. The van der Waals surface area contributed by atoms with Gasteiger partial charge in [-0.3, -0.25) is 4.79 Å². The lowest BCUT2D eigenvalue weighted by molar-refractivity contribution is -0.190. The van der Waals surface area contributed by atoms with Crippen LogP contribution in [0.4, 0.5) is 0 Å². The van der Waals surface area contributed by atoms with E-state index < -0.39 is 29.4 Å². The van der Waals surface area contributed by atoms with Gasteiger partial charge in [-0.2, -0.15) is 0 Å². The van der Waals surface area contributed by atoms with Gasteiger partial charge >= 0.3 is 11.9 Å². The molecule has 0 amide bonds. The van der Waals surface area contributed by atoms with Gasteiger partial charge in [-0.15, -0.1) is 0 Å². The smallest absolute Gasteiger partial charge is 0.338 e. The topological polar surface area (TPSA) is 82.1 Å². The van der Waals surface area contributed by atoms with Gasteiger partial charge in [0, 0.05) is 29.9 Å². The minimum absolute atomic E-state index is 0.274. The highest BCUT2D eigenvalue weighted by atomic mass is 16.6. The van der Waals surface area contributed by atoms with Crippen LogP contribution in [0.3, 0.4) is 0 Å². The molecule has 0 aliphatic carbocycles. The zero-order chi connectivity index (χ0) is 18.6. The van der Waals surface area contributed by atoms with E-state index in [-0.39, 0.29) is 17.5 Å². The van der Waals surface area contributed by atoms with E-state index in [1.165, 1.54) is 0 Å². The maximum Gasteiger partial charge on any atom is 0.338 e. The van der Waals surface area contributed by atoms with Crippen molar-refractivity contribution in [2.75, 3.05) is 0 Å². The first-order valence-electron chi connectivity index (χ1n) is 8.49. The van der Waals surface area contributed by atoms with Gasteiger partial charge in [-0.05, 0) is 19.9 Å². The molecule has 0 radical (unpaired) electrons. The van der Waals surface area contributed by atoms with Crippen molar-refractivity contribution in [1.82, 2.24) is 0 Å². The molecule has 0 spiro atoms. The Hall–Kier alpha value is -1.92. The first-order valence-corrected chi connectivity index (χ1v) is 8.49. The van der Waals surface area contributed by atoms with Crippen LogP contribution in [0, 0.1) is 11.8 Å². The SMILES string of the molecule is C=C1C(=O)OC2=C(C)C3(O)C=CC(C)(CC(OC(=O)C(C)C)C1C2)O3. The van der Waals surface area contributed by atoms with Crippen LogP contribution in [0.1, 0.15) is 40.5 Å². The second-order valence-corrected chi connectivity index (χ2v) is 7.55. The lowest BCUT2D eigenvalue weighted by Gasteiger charge is -2.35. The third-order valence-corrected chi connectivity index (χ3v) is 5.13. The Labute approximate surface area is 147 Å². The van der Waals surface area contributed by atoms with Gasteiger partial charge in [-0.25, -0.2) is 4.79 Å². The Kier molecular flexibility index (Phi) is 4.16. The molecule has 0 saturated carbocycles. The molecule has 3 rings (SSSR count). The molecule has 3 heterocycles. The van der Waals surface area contributed by atoms with Crippen molar-refractivity contribution in [3.05, 3.63) is 35.6 Å². The van der Waals surface area contributed by atoms with Gasteiger partial charge in [0.05, 0.1) is 11.5 Å². The van der Waals surface area contributed by atoms with Crippen LogP contribution < -0.4 is 0 Å². The second-order valence-electron chi connectivity index (χ2n) is 7.55. The predicted molar refractivity (Wildman–Crippen MR) is 89.0 cm³/mol. The highest BCUT2D eigenvalue weighted by Crippen LogP contribution is 2.45. The number of rotatable bonds is 2. The summed E-state index contributed by atoms with van der Waals surface area (Å²) in [5.41, 5.74) is -0.135. The number of allylic oxidation sites excluding steroid dienone is 1. The van der Waals surface area contributed by atoms with E-state index >= 15 is 0 Å². The molecular formula is C19H24O6. The molecule has 3 aliphatic rings. The summed E-state index contributed by atoms with van der Waals surface area (Å²) in [5, 5.41) is 10.8. The highest BCUT2D eigenvalue weighted by molar-refractivity contribution is 5.90. The average molecular weight is 348 g/mol. The molecule has 4 bridgehead atoms. The van der Waals surface area contributed by atoms with Gasteiger partial charge < -0.3 is 19.3 Å². The maximum absolute atomic E-state index is 12.2. The van der Waals surface area contributed by atoms with Crippen LogP contribution in [0.15, 0.2) is 35.6 Å². The van der Waals surface area contributed by atoms with Gasteiger partial charge in [0.2, 0.25) is 5.79 Å². The molecule has 1 N–H and O–H groups in total. The van der Waals surface area contributed by atoms with Crippen LogP contribution in [-0.4, -0.2) is 34.5 Å². The van der Waals surface area contributed by atoms with E-state index in [9.17, 15) is 14.7 Å². The molecule has 3 aliphatic heterocycles. The van der Waals surface area contributed by atoms with Crippen molar-refractivity contribution in [2.24, 2.45) is 11.8 Å². The van der Waals surface area contributed by atoms with Crippen molar-refractivity contribution < 1.29 is 28.9 Å². The summed E-state index contributed by atoms with van der Waals surface area (Å²) < 4.78 is 17.0. The van der Waals surface area contributed by atoms with Gasteiger partial charge in [0.15, 0.2) is 0 Å². The molecule has 1 fully saturated rings. The molecule has 0 aromatic rings. The number of ether oxygens (including phenoxy) is 3. The van der Waals surface area contributed by atoms with Crippen molar-refractivity contribution in [3.63, 3.8) is 0 Å². The lowest BCUT2D eigenvalue weighted by atomic mass is 9.81. The number of carbonyl (C=O) groups excluding carboxylic acids is 2. The molecule has 6 heteroatoms. The fourth-order valence-electron chi connectivity index (χ4n) is 3.45. The van der Waals surface area contributed by atoms with E-state index in [4.69, 9.17) is 14.2 Å². The molecule has 136 valence electrons. The standard InChI is InChI=1S/C19H24O6/c1-10(2)16(20)24-15-9-18(5)6-7-19(22,25-18)12(4)14-8-13(15)11(3)17(21)23-14/h6-7,10,13,15,22H,3,8-9H2,1-2,4-5H3. The van der Waals surface area contributed by atoms with Crippen molar-refractivity contribution >= 4 is 11.9 Å². The first-order chi connectivity index (χ1) is 11.5. The highest BCUT2D eigenvalue weighted by Gasteiger charge is 2.50. The van der Waals surface area contributed by atoms with E-state index in [1.54, 1.807) is 32.9 Å². The van der Waals surface area contributed by atoms with E-state index in [0.29, 0.717) is 24.2 Å². The van der Waals surface area contributed by atoms with Gasteiger partial charge in [0.25, 0.3) is 0 Å². The summed E-state index contributed by atoms with van der Waals surface area (Å²) in [6.45, 7) is 10.8. The van der Waals surface area contributed by atoms with Crippen molar-refractivity contribution in [3.8, 4) is 0 Å². The minimum atomic E-state index is -1.63. The van der Waals surface area contributed by atoms with Crippen LogP contribution in [-0.2, 0) is 23.8 Å². The number of carbonyl (C=O) groups is 2. The Morgan fingerprint density at radius 2 is 2.12 bits per heavy atom. The molecule has 1 saturated heterocycles. The van der Waals surface area contributed by atoms with Crippen molar-refractivity contribution in [1.29, 1.82) is 0 Å². The van der Waals surface area contributed by atoms with Crippen LogP contribution in [0.5, 0.6) is 0 Å². The fraction of sp³-hybridized carbons (Fsp3) is 0.579. The molecule has 4 unspecified atom stereocenters. The fourth-order valence-corrected chi connectivity index (χ4v) is 3.45. The van der Waals surface area contributed by atoms with Crippen LogP contribution >= 0.6 is 0 Å². The summed E-state index contributed by atoms with van der Waals surface area (Å²) in [6, 6.07) is 0. The quantitative estimate of drug-likeness (QED) is 0.469. The lowest BCUT2D eigenvalue weighted by Crippen LogP contribution is -2.41. The molecular weight excluding hydrogens is 324 g/mol. The van der Waals surface area contributed by atoms with E-state index in [1.807, 2.05) is 6.92 Å². The molecule has 0 aromatic carbocycles. The minimum Gasteiger partial charge on any atom is -0.461 e. The predicted octanol–water partition coefficient (Wildman–Crippen LogP) is 2.38. The summed E-state index contributed by atoms with van der Waals surface area (Å²) in [5.74, 6) is -2.91. The molecule has 0 aromatic heterocycles. The summed E-state index contributed by atoms with van der Waals surface area (Å²) in [7, 11) is 0. The normalized spacial score (nSPS) is 37.5. The zero-order valence-corrected chi connectivity index (χ0v) is 15.0. The summed E-state index contributed by atoms with van der Waals surface area (Å²) in [4.78, 5) is 24.4. The number of esters is 2. The number of aliphatic hydroxyl groups is 1. The molecule has 25 heavy (non-hydrogen) atoms. The average Bonchev–Trinajstić information content (AvgIpc) is 2.85. The van der Waals surface area contributed by atoms with E-state index in [2.05, 4.69) is 6.58 Å². The van der Waals surface area contributed by atoms with Gasteiger partial charge in [0.1, 0.15) is 11.9 Å². The van der Waals surface area contributed by atoms with E-state index in [0.717, 1.165) is 0 Å². The number of fused-ring (bicyclic) bond motifs is 4. The summed E-state index contributed by atoms with van der Waals surface area (Å²) >= 11 is 0. The Bertz CT molecular complexity index is 703. The first kappa shape index (κ1) is 17.9. The van der Waals surface area contributed by atoms with Crippen molar-refractivity contribution in [2.45, 2.75) is 58.0 Å². The third-order valence-electron chi connectivity index (χ3n) is 5.13. The van der Waals surface area contributed by atoms with Gasteiger partial charge in [-0.1, -0.05) is 26.5 Å². The number of hydrogen-bond donors (Lipinski definition) is 1. The Morgan fingerprint density at radius 1 is 1.44 bits per heavy atom. The monoisotopic (exact) mass is 348 g/mol. The summed E-state index contributed by atoms with van der Waals surface area (Å²) in [6.07, 6.45) is 3.34. The van der Waals surface area contributed by atoms with Crippen LogP contribution in [0.2, 0.25) is 0 Å². The molecule has 6 nitrogen and oxygen atoms in total. The number of hydrogen-bond acceptors (Lipinski definition) is 6. The second kappa shape index (κ2) is 5.81. The largest absolute Gasteiger partial charge is 0.461 e. The molecule has 4 atom stereocenters. The van der Waals surface area contributed by atoms with Crippen LogP contribution in [0.25, 0.3) is 0 Å². The maximum atomic E-state index is 12.2.